The van der Waals surface area contributed by atoms with Gasteiger partial charge in [0.1, 0.15) is 0 Å². The zero-order chi connectivity index (χ0) is 24.3. The maximum absolute atomic E-state index is 11.8. The molecular weight excluding hydrogens is 428 g/mol. The molecule has 0 radical (unpaired) electrons. The lowest BCUT2D eigenvalue weighted by Crippen LogP contribution is -2.62. The summed E-state index contributed by atoms with van der Waals surface area (Å²) in [5.41, 5.74) is 0.0206. The van der Waals surface area contributed by atoms with Crippen LogP contribution >= 0.6 is 0 Å². The lowest BCUT2D eigenvalue weighted by molar-refractivity contribution is -0.213. The fourth-order valence-electron chi connectivity index (χ4n) is 10.5. The fraction of sp³-hybridized carbons (Fsp3) is 0.966. The van der Waals surface area contributed by atoms with Gasteiger partial charge in [0.2, 0.25) is 0 Å². The highest BCUT2D eigenvalue weighted by Gasteiger charge is 2.66. The number of aliphatic hydroxyl groups is 2. The lowest BCUT2D eigenvalue weighted by Gasteiger charge is -2.65. The molecule has 194 valence electrons. The molecule has 0 aromatic heterocycles. The third-order valence-corrected chi connectivity index (χ3v) is 12.2. The summed E-state index contributed by atoms with van der Waals surface area (Å²) in [7, 11) is 0. The molecule has 12 atom stereocenters. The molecule has 1 heterocycles. The van der Waals surface area contributed by atoms with Crippen LogP contribution in [0.5, 0.6) is 0 Å². The average Bonchev–Trinajstić information content (AvgIpc) is 3.17. The van der Waals surface area contributed by atoms with Crippen molar-refractivity contribution in [1.82, 2.24) is 0 Å². The summed E-state index contributed by atoms with van der Waals surface area (Å²) < 4.78 is 6.37. The van der Waals surface area contributed by atoms with Crippen LogP contribution in [0, 0.1) is 52.3 Å². The van der Waals surface area contributed by atoms with Crippen molar-refractivity contribution in [3.8, 4) is 0 Å². The highest BCUT2D eigenvalue weighted by atomic mass is 16.5. The van der Waals surface area contributed by atoms with Gasteiger partial charge in [-0.25, -0.2) is 0 Å². The first-order valence-electron chi connectivity index (χ1n) is 14.4. The molecule has 5 rings (SSSR count). The number of rotatable bonds is 5. The van der Waals surface area contributed by atoms with E-state index in [1.165, 1.54) is 25.7 Å². The van der Waals surface area contributed by atoms with Gasteiger partial charge in [0, 0.05) is 13.0 Å². The van der Waals surface area contributed by atoms with Crippen LogP contribution in [0.25, 0.3) is 0 Å². The van der Waals surface area contributed by atoms with E-state index in [0.717, 1.165) is 45.1 Å². The standard InChI is InChI=1S/C29H48O5/c1-17(7-12-27(32)33)21-10-11-22-20-9-8-18-14-19(30)15-24(25-6-4-5-13-34-25)28(18,2)23(20)16-26(31)29(21,22)3/h17-26,30-31H,4-16H2,1-3H3,(H,32,33)/t17-,18-,19+,20+,21-,22+,23+,24?,25?,26+,28+,29-/m1/s1. The summed E-state index contributed by atoms with van der Waals surface area (Å²) in [6.45, 7) is 7.93. The minimum absolute atomic E-state index is 0.104. The van der Waals surface area contributed by atoms with E-state index in [-0.39, 0.29) is 35.6 Å². The van der Waals surface area contributed by atoms with Gasteiger partial charge in [0.25, 0.3) is 0 Å². The van der Waals surface area contributed by atoms with Gasteiger partial charge in [-0.15, -0.1) is 0 Å². The first kappa shape index (κ1) is 25.0. The Morgan fingerprint density at radius 1 is 0.941 bits per heavy atom. The third kappa shape index (κ3) is 3.87. The predicted octanol–water partition coefficient (Wildman–Crippen LogP) is 5.27. The molecule has 1 aliphatic heterocycles. The van der Waals surface area contributed by atoms with E-state index < -0.39 is 5.97 Å². The van der Waals surface area contributed by atoms with Crippen molar-refractivity contribution in [2.45, 2.75) is 116 Å². The first-order chi connectivity index (χ1) is 16.2. The Bertz CT molecular complexity index is 749. The van der Waals surface area contributed by atoms with Gasteiger partial charge in [-0.05, 0) is 123 Å². The van der Waals surface area contributed by atoms with E-state index in [4.69, 9.17) is 4.74 Å². The Morgan fingerprint density at radius 3 is 2.44 bits per heavy atom. The van der Waals surface area contributed by atoms with Crippen molar-refractivity contribution < 1.29 is 24.9 Å². The predicted molar refractivity (Wildman–Crippen MR) is 131 cm³/mol. The van der Waals surface area contributed by atoms with Gasteiger partial charge >= 0.3 is 5.97 Å². The van der Waals surface area contributed by atoms with Crippen LogP contribution in [0.1, 0.15) is 97.8 Å². The zero-order valence-corrected chi connectivity index (χ0v) is 21.6. The molecule has 5 aliphatic rings. The van der Waals surface area contributed by atoms with Gasteiger partial charge in [-0.1, -0.05) is 20.8 Å². The molecule has 34 heavy (non-hydrogen) atoms. The van der Waals surface area contributed by atoms with Crippen LogP contribution in [0.2, 0.25) is 0 Å². The maximum atomic E-state index is 11.8. The molecule has 4 aliphatic carbocycles. The van der Waals surface area contributed by atoms with Crippen molar-refractivity contribution in [2.75, 3.05) is 6.61 Å². The summed E-state index contributed by atoms with van der Waals surface area (Å²) in [4.78, 5) is 11.2. The van der Waals surface area contributed by atoms with Crippen molar-refractivity contribution in [3.63, 3.8) is 0 Å². The Hall–Kier alpha value is -0.650. The molecule has 3 N–H and O–H groups in total. The minimum Gasteiger partial charge on any atom is -0.481 e. The average molecular weight is 477 g/mol. The fourth-order valence-corrected chi connectivity index (χ4v) is 10.5. The Labute approximate surface area is 206 Å². The molecule has 0 aromatic rings. The molecule has 0 spiro atoms. The molecule has 4 saturated carbocycles. The molecule has 2 unspecified atom stereocenters. The highest BCUT2D eigenvalue weighted by molar-refractivity contribution is 5.66. The molecule has 5 nitrogen and oxygen atoms in total. The number of hydrogen-bond acceptors (Lipinski definition) is 4. The summed E-state index contributed by atoms with van der Waals surface area (Å²) in [6, 6.07) is 0. The number of hydrogen-bond donors (Lipinski definition) is 3. The lowest BCUT2D eigenvalue weighted by atomic mass is 9.41. The molecule has 5 heteroatoms. The van der Waals surface area contributed by atoms with Crippen molar-refractivity contribution in [2.24, 2.45) is 52.3 Å². The van der Waals surface area contributed by atoms with Crippen LogP contribution in [0.3, 0.4) is 0 Å². The van der Waals surface area contributed by atoms with Gasteiger partial charge in [0.05, 0.1) is 18.3 Å². The second-order valence-electron chi connectivity index (χ2n) is 13.4. The van der Waals surface area contributed by atoms with E-state index >= 15 is 0 Å². The molecule has 1 saturated heterocycles. The number of aliphatic hydroxyl groups excluding tert-OH is 2. The number of carbonyl (C=O) groups is 1. The summed E-state index contributed by atoms with van der Waals surface area (Å²) in [5, 5.41) is 31.9. The van der Waals surface area contributed by atoms with E-state index in [9.17, 15) is 20.1 Å². The summed E-state index contributed by atoms with van der Waals surface area (Å²) >= 11 is 0. The topological polar surface area (TPSA) is 87.0 Å². The van der Waals surface area contributed by atoms with E-state index in [2.05, 4.69) is 20.8 Å². The third-order valence-electron chi connectivity index (χ3n) is 12.2. The van der Waals surface area contributed by atoms with Crippen molar-refractivity contribution in [3.05, 3.63) is 0 Å². The van der Waals surface area contributed by atoms with Gasteiger partial charge < -0.3 is 20.1 Å². The van der Waals surface area contributed by atoms with Crippen LogP contribution in [-0.4, -0.2) is 46.2 Å². The molecule has 5 fully saturated rings. The molecular formula is C29H48O5. The second kappa shape index (κ2) is 9.34. The number of fused-ring (bicyclic) bond motifs is 5. The molecule has 0 bridgehead atoms. The monoisotopic (exact) mass is 476 g/mol. The van der Waals surface area contributed by atoms with E-state index in [1.54, 1.807) is 0 Å². The van der Waals surface area contributed by atoms with Gasteiger partial charge in [-0.2, -0.15) is 0 Å². The number of aliphatic carboxylic acids is 1. The van der Waals surface area contributed by atoms with Crippen molar-refractivity contribution >= 4 is 5.97 Å². The van der Waals surface area contributed by atoms with Crippen LogP contribution < -0.4 is 0 Å². The van der Waals surface area contributed by atoms with E-state index in [0.29, 0.717) is 47.8 Å². The smallest absolute Gasteiger partial charge is 0.303 e. The van der Waals surface area contributed by atoms with Crippen LogP contribution in [0.4, 0.5) is 0 Å². The minimum atomic E-state index is -0.711. The quantitative estimate of drug-likeness (QED) is 0.503. The van der Waals surface area contributed by atoms with E-state index in [1.807, 2.05) is 0 Å². The van der Waals surface area contributed by atoms with Crippen molar-refractivity contribution in [1.29, 1.82) is 0 Å². The first-order valence-corrected chi connectivity index (χ1v) is 14.4. The summed E-state index contributed by atoms with van der Waals surface area (Å²) in [5.74, 6) is 2.59. The Balaban J connectivity index is 1.43. The SMILES string of the molecule is C[C@H](CCC(=O)O)[C@H]1CC[C@H]2[C@@H]3CC[C@@H]4C[C@H](O)CC(C5CCCCO5)[C@]4(C)[C@H]3C[C@H](O)[C@]12C. The molecule has 0 amide bonds. The zero-order valence-electron chi connectivity index (χ0n) is 21.6. The number of ether oxygens (including phenoxy) is 1. The van der Waals surface area contributed by atoms with Gasteiger partial charge in [0.15, 0.2) is 0 Å². The normalized spacial score (nSPS) is 51.7. The second-order valence-corrected chi connectivity index (χ2v) is 13.4. The maximum Gasteiger partial charge on any atom is 0.303 e. The van der Waals surface area contributed by atoms with Crippen LogP contribution in [0.15, 0.2) is 0 Å². The van der Waals surface area contributed by atoms with Gasteiger partial charge in [-0.3, -0.25) is 4.79 Å². The largest absolute Gasteiger partial charge is 0.481 e. The highest BCUT2D eigenvalue weighted by Crippen LogP contribution is 2.69. The summed E-state index contributed by atoms with van der Waals surface area (Å²) in [6.07, 6.45) is 11.5. The van der Waals surface area contributed by atoms with Crippen LogP contribution in [-0.2, 0) is 9.53 Å². The Kier molecular flexibility index (Phi) is 6.87. The number of carboxylic acids is 1. The Morgan fingerprint density at radius 2 is 1.74 bits per heavy atom. The number of carboxylic acid groups (broad SMARTS) is 1. The molecule has 0 aromatic carbocycles.